The molecule has 0 aliphatic carbocycles. The zero-order valence-corrected chi connectivity index (χ0v) is 15.2. The number of rotatable bonds is 0. The summed E-state index contributed by atoms with van der Waals surface area (Å²) in [5.74, 6) is 0. The van der Waals surface area contributed by atoms with Gasteiger partial charge in [0.2, 0.25) is 0 Å². The summed E-state index contributed by atoms with van der Waals surface area (Å²) in [5.41, 5.74) is 1.06. The van der Waals surface area contributed by atoms with Crippen molar-refractivity contribution in [3.8, 4) is 0 Å². The van der Waals surface area contributed by atoms with Crippen molar-refractivity contribution in [1.82, 2.24) is 9.36 Å². The topological polar surface area (TPSA) is 42.9 Å². The Morgan fingerprint density at radius 2 is 1.50 bits per heavy atom. The summed E-state index contributed by atoms with van der Waals surface area (Å²) in [6, 6.07) is 20.3. The van der Waals surface area contributed by atoms with E-state index in [1.807, 2.05) is 55.6 Å². The Morgan fingerprint density at radius 1 is 0.864 bits per heavy atom. The molecule has 2 heterocycles. The number of hydrogen-bond donors (Lipinski definition) is 0. The summed E-state index contributed by atoms with van der Waals surface area (Å²) >= 11 is 1.54. The molecule has 0 aliphatic heterocycles. The van der Waals surface area contributed by atoms with Gasteiger partial charge in [0.15, 0.2) is 0 Å². The molecule has 22 heavy (non-hydrogen) atoms. The molecule has 0 atom stereocenters. The first kappa shape index (κ1) is 18.5. The van der Waals surface area contributed by atoms with Gasteiger partial charge in [-0.1, -0.05) is 42.5 Å². The van der Waals surface area contributed by atoms with Crippen LogP contribution >= 0.6 is 11.5 Å². The normalized spacial score (nSPS) is 8.91. The van der Waals surface area contributed by atoms with Crippen molar-refractivity contribution < 1.29 is 35.8 Å². The fourth-order valence-corrected chi connectivity index (χ4v) is 2.47. The SMILES string of the molecule is C=O.[H-].[Na+].c1ccc2ncccc2c1.c1ccc2sncc2c1. The number of benzene rings is 2. The van der Waals surface area contributed by atoms with Gasteiger partial charge in [-0.05, 0) is 29.7 Å². The van der Waals surface area contributed by atoms with Gasteiger partial charge in [-0.3, -0.25) is 4.98 Å². The van der Waals surface area contributed by atoms with E-state index >= 15 is 0 Å². The van der Waals surface area contributed by atoms with Crippen LogP contribution in [0.25, 0.3) is 21.0 Å². The molecule has 2 aromatic carbocycles. The molecule has 3 nitrogen and oxygen atoms in total. The first-order valence-corrected chi connectivity index (χ1v) is 7.09. The van der Waals surface area contributed by atoms with Crippen LogP contribution in [0.1, 0.15) is 1.43 Å². The van der Waals surface area contributed by atoms with Crippen molar-refractivity contribution in [2.24, 2.45) is 0 Å². The zero-order valence-electron chi connectivity index (χ0n) is 13.3. The molecule has 2 aromatic heterocycles. The maximum absolute atomic E-state index is 8.00. The van der Waals surface area contributed by atoms with Crippen LogP contribution in [0.15, 0.2) is 73.1 Å². The predicted octanol–water partition coefficient (Wildman–Crippen LogP) is 1.46. The summed E-state index contributed by atoms with van der Waals surface area (Å²) in [7, 11) is 0. The summed E-state index contributed by atoms with van der Waals surface area (Å²) < 4.78 is 5.30. The van der Waals surface area contributed by atoms with E-state index in [2.05, 4.69) is 33.6 Å². The van der Waals surface area contributed by atoms with Gasteiger partial charge in [-0.15, -0.1) is 0 Å². The van der Waals surface area contributed by atoms with E-state index in [9.17, 15) is 0 Å². The van der Waals surface area contributed by atoms with Crippen LogP contribution in [-0.4, -0.2) is 16.1 Å². The minimum atomic E-state index is 0. The average Bonchev–Trinajstić information content (AvgIpc) is 3.06. The molecule has 4 rings (SSSR count). The Morgan fingerprint density at radius 3 is 2.23 bits per heavy atom. The van der Waals surface area contributed by atoms with Gasteiger partial charge in [-0.25, -0.2) is 0 Å². The largest absolute Gasteiger partial charge is 1.00 e. The summed E-state index contributed by atoms with van der Waals surface area (Å²) in [6.45, 7) is 2.00. The van der Waals surface area contributed by atoms with Crippen LogP contribution in [0.3, 0.4) is 0 Å². The van der Waals surface area contributed by atoms with Crippen molar-refractivity contribution in [3.05, 3.63) is 73.1 Å². The molecule has 0 unspecified atom stereocenters. The number of carbonyl (C=O) groups excluding carboxylic acids is 1. The van der Waals surface area contributed by atoms with Crippen LogP contribution in [-0.2, 0) is 4.79 Å². The van der Waals surface area contributed by atoms with Gasteiger partial charge in [0.05, 0.1) is 10.2 Å². The third kappa shape index (κ3) is 5.00. The maximum Gasteiger partial charge on any atom is 1.00 e. The number of aromatic nitrogens is 2. The minimum absolute atomic E-state index is 0. The van der Waals surface area contributed by atoms with Gasteiger partial charge in [0.25, 0.3) is 0 Å². The Hall–Kier alpha value is -1.59. The van der Waals surface area contributed by atoms with Gasteiger partial charge >= 0.3 is 29.6 Å². The molecule has 0 N–H and O–H groups in total. The van der Waals surface area contributed by atoms with Crippen molar-refractivity contribution in [2.75, 3.05) is 0 Å². The fraction of sp³-hybridized carbons (Fsp3) is 0. The van der Waals surface area contributed by atoms with Crippen LogP contribution < -0.4 is 29.6 Å². The number of para-hydroxylation sites is 1. The summed E-state index contributed by atoms with van der Waals surface area (Å²) in [4.78, 5) is 12.2. The Balaban J connectivity index is 0.000000354. The van der Waals surface area contributed by atoms with Gasteiger partial charge in [0.1, 0.15) is 6.79 Å². The molecule has 0 amide bonds. The van der Waals surface area contributed by atoms with Crippen LogP contribution in [0, 0.1) is 0 Å². The third-order valence-electron chi connectivity index (χ3n) is 2.77. The van der Waals surface area contributed by atoms with Crippen molar-refractivity contribution in [1.29, 1.82) is 0 Å². The van der Waals surface area contributed by atoms with Gasteiger partial charge in [0, 0.05) is 23.2 Å². The van der Waals surface area contributed by atoms with Gasteiger partial charge < -0.3 is 6.22 Å². The average molecular weight is 318 g/mol. The summed E-state index contributed by atoms with van der Waals surface area (Å²) in [5, 5.41) is 2.44. The van der Waals surface area contributed by atoms with Crippen LogP contribution in [0.4, 0.5) is 0 Å². The van der Waals surface area contributed by atoms with Crippen LogP contribution in [0.2, 0.25) is 0 Å². The predicted molar refractivity (Wildman–Crippen MR) is 89.6 cm³/mol. The molecule has 0 bridgehead atoms. The number of pyridine rings is 1. The number of fused-ring (bicyclic) bond motifs is 2. The van der Waals surface area contributed by atoms with Crippen LogP contribution in [0.5, 0.6) is 0 Å². The van der Waals surface area contributed by atoms with Crippen molar-refractivity contribution in [3.63, 3.8) is 0 Å². The molecule has 0 aliphatic rings. The summed E-state index contributed by atoms with van der Waals surface area (Å²) in [6.07, 6.45) is 3.70. The number of carbonyl (C=O) groups is 1. The molecular weight excluding hydrogens is 303 g/mol. The molecule has 0 radical (unpaired) electrons. The van der Waals surface area contributed by atoms with Gasteiger partial charge in [-0.2, -0.15) is 4.37 Å². The van der Waals surface area contributed by atoms with E-state index in [0.29, 0.717) is 0 Å². The molecule has 0 saturated carbocycles. The fourth-order valence-electron chi connectivity index (χ4n) is 1.83. The Kier molecular flexibility index (Phi) is 8.55. The monoisotopic (exact) mass is 318 g/mol. The minimum Gasteiger partial charge on any atom is -1.00 e. The zero-order chi connectivity index (χ0) is 14.9. The van der Waals surface area contributed by atoms with Crippen molar-refractivity contribution >= 4 is 39.3 Å². The first-order chi connectivity index (χ1) is 10.4. The molecule has 4 aromatic rings. The quantitative estimate of drug-likeness (QED) is 0.461. The second kappa shape index (κ2) is 10.2. The van der Waals surface area contributed by atoms with Crippen molar-refractivity contribution in [2.45, 2.75) is 0 Å². The van der Waals surface area contributed by atoms with E-state index < -0.39 is 0 Å². The molecule has 0 saturated heterocycles. The first-order valence-electron chi connectivity index (χ1n) is 6.31. The molecule has 0 spiro atoms. The molecular formula is C17H15N2NaOS. The Labute approximate surface area is 157 Å². The maximum atomic E-state index is 8.00. The molecule has 106 valence electrons. The molecule has 5 heteroatoms. The third-order valence-corrected chi connectivity index (χ3v) is 3.55. The standard InChI is InChI=1S/C9H7N.C7H5NS.CH2O.Na.H/c1-2-6-9-8(4-1)5-3-7-10-9;1-2-4-7-6(3-1)5-8-9-7;1-2;;/h1-7H;1-5H;1H2;;/q;;;+1;-1. The van der Waals surface area contributed by atoms with E-state index in [4.69, 9.17) is 4.79 Å². The number of nitrogens with zero attached hydrogens (tertiary/aromatic N) is 2. The van der Waals surface area contributed by atoms with E-state index in [-0.39, 0.29) is 31.0 Å². The smallest absolute Gasteiger partial charge is 1.00 e. The number of hydrogen-bond acceptors (Lipinski definition) is 4. The molecule has 0 fully saturated rings. The second-order valence-electron chi connectivity index (χ2n) is 4.06. The van der Waals surface area contributed by atoms with E-state index in [1.165, 1.54) is 27.0 Å². The second-order valence-corrected chi connectivity index (χ2v) is 4.89. The Bertz CT molecular complexity index is 730. The van der Waals surface area contributed by atoms with E-state index in [1.54, 1.807) is 0 Å². The van der Waals surface area contributed by atoms with E-state index in [0.717, 1.165) is 5.52 Å².